The van der Waals surface area contributed by atoms with Crippen molar-refractivity contribution in [3.63, 3.8) is 0 Å². The number of rotatable bonds is 4. The highest BCUT2D eigenvalue weighted by Gasteiger charge is 2.12. The van der Waals surface area contributed by atoms with Crippen molar-refractivity contribution in [3.05, 3.63) is 29.8 Å². The minimum absolute atomic E-state index is 0.181. The summed E-state index contributed by atoms with van der Waals surface area (Å²) in [6.45, 7) is 0. The maximum atomic E-state index is 10.5. The van der Waals surface area contributed by atoms with E-state index in [9.17, 15) is 9.59 Å². The van der Waals surface area contributed by atoms with Gasteiger partial charge < -0.3 is 20.7 Å². The number of carboxylic acid groups (broad SMARTS) is 2. The van der Waals surface area contributed by atoms with Crippen LogP contribution in [0.4, 0.5) is 4.79 Å². The van der Waals surface area contributed by atoms with Gasteiger partial charge in [0.05, 0.1) is 0 Å². The number of hydrogen-bond acceptors (Lipinski definition) is 4. The van der Waals surface area contributed by atoms with Gasteiger partial charge in [-0.05, 0) is 24.1 Å². The molecule has 1 atom stereocenters. The molecule has 0 heterocycles. The SMILES string of the molecule is N[C@@H](Cc1ccc(OC(=O)O)cc1)C(=O)O. The van der Waals surface area contributed by atoms with E-state index in [1.54, 1.807) is 12.1 Å². The smallest absolute Gasteiger partial charge is 0.480 e. The fourth-order valence-corrected chi connectivity index (χ4v) is 1.14. The van der Waals surface area contributed by atoms with Gasteiger partial charge in [0.2, 0.25) is 0 Å². The average molecular weight is 225 g/mol. The standard InChI is InChI=1S/C10H11NO5/c11-8(9(12)13)5-6-1-3-7(4-2-6)16-10(14)15/h1-4,8H,5,11H2,(H,12,13)(H,14,15)/t8-/m0/s1. The zero-order valence-electron chi connectivity index (χ0n) is 8.29. The predicted molar refractivity (Wildman–Crippen MR) is 54.4 cm³/mol. The minimum atomic E-state index is -1.39. The first kappa shape index (κ1) is 12.0. The summed E-state index contributed by atoms with van der Waals surface area (Å²) in [7, 11) is 0. The predicted octanol–water partition coefficient (Wildman–Crippen LogP) is 0.698. The molecule has 0 bridgehead atoms. The average Bonchev–Trinajstić information content (AvgIpc) is 2.20. The van der Waals surface area contributed by atoms with Crippen molar-refractivity contribution in [2.24, 2.45) is 5.73 Å². The second kappa shape index (κ2) is 5.13. The lowest BCUT2D eigenvalue weighted by Crippen LogP contribution is -2.32. The lowest BCUT2D eigenvalue weighted by molar-refractivity contribution is -0.138. The van der Waals surface area contributed by atoms with E-state index in [0.29, 0.717) is 5.56 Å². The first-order valence-electron chi connectivity index (χ1n) is 4.47. The summed E-state index contributed by atoms with van der Waals surface area (Å²) in [5.41, 5.74) is 6.04. The number of nitrogens with two attached hydrogens (primary N) is 1. The molecular weight excluding hydrogens is 214 g/mol. The number of carbonyl (C=O) groups is 2. The van der Waals surface area contributed by atoms with Crippen LogP contribution in [0.1, 0.15) is 5.56 Å². The third kappa shape index (κ3) is 3.58. The Morgan fingerprint density at radius 3 is 2.25 bits per heavy atom. The first-order chi connectivity index (χ1) is 7.49. The topological polar surface area (TPSA) is 110 Å². The Morgan fingerprint density at radius 1 is 1.25 bits per heavy atom. The normalized spacial score (nSPS) is 11.8. The van der Waals surface area contributed by atoms with E-state index in [1.165, 1.54) is 12.1 Å². The number of aliphatic carboxylic acids is 1. The highest BCUT2D eigenvalue weighted by Crippen LogP contribution is 2.13. The van der Waals surface area contributed by atoms with Crippen LogP contribution < -0.4 is 10.5 Å². The van der Waals surface area contributed by atoms with Gasteiger partial charge in [-0.2, -0.15) is 0 Å². The highest BCUT2D eigenvalue weighted by atomic mass is 16.7. The van der Waals surface area contributed by atoms with Crippen molar-refractivity contribution >= 4 is 12.1 Å². The van der Waals surface area contributed by atoms with E-state index in [1.807, 2.05) is 0 Å². The summed E-state index contributed by atoms with van der Waals surface area (Å²) in [6.07, 6.45) is -1.21. The highest BCUT2D eigenvalue weighted by molar-refractivity contribution is 5.73. The molecule has 6 nitrogen and oxygen atoms in total. The molecule has 16 heavy (non-hydrogen) atoms. The van der Waals surface area contributed by atoms with Gasteiger partial charge in [0.15, 0.2) is 0 Å². The van der Waals surface area contributed by atoms with Crippen molar-refractivity contribution in [1.82, 2.24) is 0 Å². The fourth-order valence-electron chi connectivity index (χ4n) is 1.14. The van der Waals surface area contributed by atoms with Crippen molar-refractivity contribution in [3.8, 4) is 5.75 Å². The summed E-state index contributed by atoms with van der Waals surface area (Å²) in [5, 5.41) is 16.9. The van der Waals surface area contributed by atoms with Crippen molar-refractivity contribution < 1.29 is 24.5 Å². The Kier molecular flexibility index (Phi) is 3.84. The maximum absolute atomic E-state index is 10.5. The van der Waals surface area contributed by atoms with Crippen LogP contribution in [-0.4, -0.2) is 28.4 Å². The summed E-state index contributed by atoms with van der Waals surface area (Å²) >= 11 is 0. The molecule has 0 saturated heterocycles. The monoisotopic (exact) mass is 225 g/mol. The Bertz CT molecular complexity index is 387. The van der Waals surface area contributed by atoms with Crippen LogP contribution in [0, 0.1) is 0 Å². The van der Waals surface area contributed by atoms with E-state index in [4.69, 9.17) is 15.9 Å². The number of hydrogen-bond donors (Lipinski definition) is 3. The summed E-state index contributed by atoms with van der Waals surface area (Å²) in [4.78, 5) is 20.7. The second-order valence-corrected chi connectivity index (χ2v) is 3.16. The van der Waals surface area contributed by atoms with Crippen LogP contribution in [0.3, 0.4) is 0 Å². The van der Waals surface area contributed by atoms with Gasteiger partial charge in [0, 0.05) is 0 Å². The van der Waals surface area contributed by atoms with Gasteiger partial charge in [-0.3, -0.25) is 4.79 Å². The van der Waals surface area contributed by atoms with Gasteiger partial charge in [0.25, 0.3) is 0 Å². The quantitative estimate of drug-likeness (QED) is 0.514. The van der Waals surface area contributed by atoms with Gasteiger partial charge in [-0.25, -0.2) is 4.79 Å². The lowest BCUT2D eigenvalue weighted by Gasteiger charge is -2.06. The molecule has 0 unspecified atom stereocenters. The van der Waals surface area contributed by atoms with Crippen LogP contribution in [0.25, 0.3) is 0 Å². The van der Waals surface area contributed by atoms with E-state index in [0.717, 1.165) is 0 Å². The van der Waals surface area contributed by atoms with Gasteiger partial charge in [-0.15, -0.1) is 0 Å². The van der Waals surface area contributed by atoms with E-state index >= 15 is 0 Å². The third-order valence-electron chi connectivity index (χ3n) is 1.90. The minimum Gasteiger partial charge on any atom is -0.480 e. The number of ether oxygens (including phenoxy) is 1. The van der Waals surface area contributed by atoms with Crippen molar-refractivity contribution in [2.75, 3.05) is 0 Å². The Morgan fingerprint density at radius 2 is 1.81 bits per heavy atom. The van der Waals surface area contributed by atoms with E-state index in [2.05, 4.69) is 4.74 Å². The Labute approximate surface area is 91.3 Å². The molecule has 0 aromatic heterocycles. The van der Waals surface area contributed by atoms with Gasteiger partial charge in [0.1, 0.15) is 11.8 Å². The van der Waals surface area contributed by atoms with Crippen LogP contribution in [0.15, 0.2) is 24.3 Å². The summed E-state index contributed by atoms with van der Waals surface area (Å²) < 4.78 is 4.39. The van der Waals surface area contributed by atoms with Crippen LogP contribution in [0.5, 0.6) is 5.75 Å². The zero-order chi connectivity index (χ0) is 12.1. The molecule has 0 aliphatic carbocycles. The molecule has 1 rings (SSSR count). The van der Waals surface area contributed by atoms with Gasteiger partial charge in [-0.1, -0.05) is 12.1 Å². The second-order valence-electron chi connectivity index (χ2n) is 3.16. The molecule has 1 aromatic rings. The molecule has 0 aliphatic heterocycles. The largest absolute Gasteiger partial charge is 0.511 e. The molecule has 1 aromatic carbocycles. The van der Waals surface area contributed by atoms with Crippen LogP contribution >= 0.6 is 0 Å². The first-order valence-corrected chi connectivity index (χ1v) is 4.47. The molecular formula is C10H11NO5. The fraction of sp³-hybridized carbons (Fsp3) is 0.200. The third-order valence-corrected chi connectivity index (χ3v) is 1.90. The molecule has 0 radical (unpaired) electrons. The molecule has 0 spiro atoms. The van der Waals surface area contributed by atoms with Crippen molar-refractivity contribution in [2.45, 2.75) is 12.5 Å². The van der Waals surface area contributed by atoms with E-state index in [-0.39, 0.29) is 12.2 Å². The lowest BCUT2D eigenvalue weighted by atomic mass is 10.1. The Hall–Kier alpha value is -2.08. The maximum Gasteiger partial charge on any atom is 0.511 e. The summed E-state index contributed by atoms with van der Waals surface area (Å²) in [5.74, 6) is -0.897. The number of carboxylic acids is 1. The molecule has 0 amide bonds. The summed E-state index contributed by atoms with van der Waals surface area (Å²) in [6, 6.07) is 5.06. The zero-order valence-corrected chi connectivity index (χ0v) is 8.29. The molecule has 6 heteroatoms. The number of benzene rings is 1. The van der Waals surface area contributed by atoms with Gasteiger partial charge >= 0.3 is 12.1 Å². The van der Waals surface area contributed by atoms with E-state index < -0.39 is 18.2 Å². The Balaban J connectivity index is 2.64. The molecule has 4 N–H and O–H groups in total. The van der Waals surface area contributed by atoms with Crippen LogP contribution in [-0.2, 0) is 11.2 Å². The van der Waals surface area contributed by atoms with Crippen molar-refractivity contribution in [1.29, 1.82) is 0 Å². The molecule has 0 saturated carbocycles. The van der Waals surface area contributed by atoms with Crippen LogP contribution in [0.2, 0.25) is 0 Å². The molecule has 0 aliphatic rings. The molecule has 0 fully saturated rings. The molecule has 86 valence electrons.